The molecule has 2 aromatic rings. The summed E-state index contributed by atoms with van der Waals surface area (Å²) in [7, 11) is 0. The predicted octanol–water partition coefficient (Wildman–Crippen LogP) is 2.40. The van der Waals surface area contributed by atoms with E-state index >= 15 is 0 Å². The van der Waals surface area contributed by atoms with Crippen LogP contribution in [0.3, 0.4) is 0 Å². The van der Waals surface area contributed by atoms with Gasteiger partial charge in [-0.3, -0.25) is 9.59 Å². The molecule has 5 heteroatoms. The minimum Gasteiger partial charge on any atom is -0.372 e. The fraction of sp³-hybridized carbons (Fsp3) is 0.176. The minimum atomic E-state index is -2.13. The highest BCUT2D eigenvalue weighted by molar-refractivity contribution is 6.17. The zero-order chi connectivity index (χ0) is 16.0. The van der Waals surface area contributed by atoms with Gasteiger partial charge in [0.25, 0.3) is 11.8 Å². The van der Waals surface area contributed by atoms with Crippen molar-refractivity contribution >= 4 is 23.2 Å². The van der Waals surface area contributed by atoms with Crippen LogP contribution in [0.4, 0.5) is 11.4 Å². The number of anilines is 2. The molecule has 0 atom stereocenters. The van der Waals surface area contributed by atoms with Crippen LogP contribution in [0.2, 0.25) is 0 Å². The van der Waals surface area contributed by atoms with Crippen LogP contribution in [0.25, 0.3) is 0 Å². The number of amides is 2. The number of hydrogen-bond acceptors (Lipinski definition) is 3. The lowest BCUT2D eigenvalue weighted by Crippen LogP contribution is -2.52. The Bertz CT molecular complexity index is 588. The highest BCUT2D eigenvalue weighted by Gasteiger charge is 2.42. The Hall–Kier alpha value is -2.66. The van der Waals surface area contributed by atoms with Crippen molar-refractivity contribution in [3.05, 3.63) is 60.7 Å². The van der Waals surface area contributed by atoms with Gasteiger partial charge in [-0.15, -0.1) is 0 Å². The second-order valence-corrected chi connectivity index (χ2v) is 4.85. The Labute approximate surface area is 129 Å². The zero-order valence-electron chi connectivity index (χ0n) is 12.2. The third-order valence-electron chi connectivity index (χ3n) is 3.33. The average Bonchev–Trinajstić information content (AvgIpc) is 2.55. The molecule has 0 aliphatic heterocycles. The normalized spacial score (nSPS) is 10.8. The van der Waals surface area contributed by atoms with Crippen molar-refractivity contribution in [2.24, 2.45) is 0 Å². The highest BCUT2D eigenvalue weighted by atomic mass is 16.3. The molecule has 0 heterocycles. The van der Waals surface area contributed by atoms with Crippen molar-refractivity contribution in [2.45, 2.75) is 18.9 Å². The molecule has 5 nitrogen and oxygen atoms in total. The Balaban J connectivity index is 2.13. The molecule has 3 N–H and O–H groups in total. The van der Waals surface area contributed by atoms with Crippen molar-refractivity contribution in [3.63, 3.8) is 0 Å². The predicted molar refractivity (Wildman–Crippen MR) is 85.4 cm³/mol. The monoisotopic (exact) mass is 298 g/mol. The van der Waals surface area contributed by atoms with Gasteiger partial charge in [0.05, 0.1) is 0 Å². The molecular weight excluding hydrogens is 280 g/mol. The first-order valence-corrected chi connectivity index (χ1v) is 7.01. The number of hydrogen-bond donors (Lipinski definition) is 3. The minimum absolute atomic E-state index is 0.0374. The standard InChI is InChI=1S/C17H18N2O3/c1-2-17(22,15(20)18-13-9-5-3-6-10-13)16(21)19-14-11-7-4-8-12-14/h3-12,22H,2H2,1H3,(H,18,20)(H,19,21). The van der Waals surface area contributed by atoms with Crippen LogP contribution in [0.5, 0.6) is 0 Å². The van der Waals surface area contributed by atoms with Crippen LogP contribution < -0.4 is 10.6 Å². The van der Waals surface area contributed by atoms with Crippen molar-refractivity contribution in [1.82, 2.24) is 0 Å². The summed E-state index contributed by atoms with van der Waals surface area (Å²) in [6.07, 6.45) is -0.0374. The molecule has 0 saturated carbocycles. The van der Waals surface area contributed by atoms with Crippen molar-refractivity contribution in [3.8, 4) is 0 Å². The van der Waals surface area contributed by atoms with Gasteiger partial charge in [-0.25, -0.2) is 0 Å². The highest BCUT2D eigenvalue weighted by Crippen LogP contribution is 2.18. The second-order valence-electron chi connectivity index (χ2n) is 4.85. The van der Waals surface area contributed by atoms with Crippen LogP contribution >= 0.6 is 0 Å². The fourth-order valence-electron chi connectivity index (χ4n) is 1.94. The summed E-state index contributed by atoms with van der Waals surface area (Å²) in [5.41, 5.74) is -1.09. The van der Waals surface area contributed by atoms with Gasteiger partial charge in [0.15, 0.2) is 0 Å². The molecule has 0 bridgehead atoms. The summed E-state index contributed by atoms with van der Waals surface area (Å²) in [6, 6.07) is 17.4. The number of aliphatic hydroxyl groups is 1. The van der Waals surface area contributed by atoms with Crippen LogP contribution in [0.1, 0.15) is 13.3 Å². The van der Waals surface area contributed by atoms with Crippen molar-refractivity contribution in [1.29, 1.82) is 0 Å². The van der Waals surface area contributed by atoms with E-state index in [1.807, 2.05) is 12.1 Å². The van der Waals surface area contributed by atoms with Gasteiger partial charge >= 0.3 is 0 Å². The van der Waals surface area contributed by atoms with Gasteiger partial charge in [0.1, 0.15) is 0 Å². The summed E-state index contributed by atoms with van der Waals surface area (Å²) in [6.45, 7) is 1.58. The smallest absolute Gasteiger partial charge is 0.266 e. The SMILES string of the molecule is CCC(O)(C(=O)Nc1ccccc1)C(=O)Nc1ccccc1. The number of carbonyl (C=O) groups excluding carboxylic acids is 2. The maximum atomic E-state index is 12.3. The van der Waals surface area contributed by atoms with Gasteiger partial charge in [0, 0.05) is 11.4 Å². The van der Waals surface area contributed by atoms with E-state index < -0.39 is 17.4 Å². The van der Waals surface area contributed by atoms with Gasteiger partial charge in [-0.2, -0.15) is 0 Å². The Morgan fingerprint density at radius 3 is 1.55 bits per heavy atom. The second kappa shape index (κ2) is 6.87. The van der Waals surface area contributed by atoms with E-state index in [2.05, 4.69) is 10.6 Å². The quantitative estimate of drug-likeness (QED) is 0.742. The van der Waals surface area contributed by atoms with E-state index in [4.69, 9.17) is 0 Å². The van der Waals surface area contributed by atoms with Crippen LogP contribution in [-0.2, 0) is 9.59 Å². The number of benzene rings is 2. The van der Waals surface area contributed by atoms with Gasteiger partial charge in [-0.1, -0.05) is 43.3 Å². The molecule has 0 unspecified atom stereocenters. The van der Waals surface area contributed by atoms with E-state index in [9.17, 15) is 14.7 Å². The third kappa shape index (κ3) is 3.51. The first kappa shape index (κ1) is 15.7. The first-order valence-electron chi connectivity index (χ1n) is 7.01. The number of nitrogens with one attached hydrogen (secondary N) is 2. The summed E-state index contributed by atoms with van der Waals surface area (Å²) < 4.78 is 0. The maximum absolute atomic E-state index is 12.3. The lowest BCUT2D eigenvalue weighted by Gasteiger charge is -2.24. The third-order valence-corrected chi connectivity index (χ3v) is 3.33. The van der Waals surface area contributed by atoms with E-state index in [0.717, 1.165) is 0 Å². The molecule has 0 aliphatic rings. The van der Waals surface area contributed by atoms with Crippen molar-refractivity contribution < 1.29 is 14.7 Å². The molecule has 2 aromatic carbocycles. The Morgan fingerprint density at radius 2 is 1.23 bits per heavy atom. The maximum Gasteiger partial charge on any atom is 0.266 e. The Kier molecular flexibility index (Phi) is 4.91. The molecule has 2 rings (SSSR count). The number of carbonyl (C=O) groups is 2. The largest absolute Gasteiger partial charge is 0.372 e. The molecule has 0 saturated heterocycles. The molecular formula is C17H18N2O3. The van der Waals surface area contributed by atoms with Crippen LogP contribution in [0, 0.1) is 0 Å². The summed E-state index contributed by atoms with van der Waals surface area (Å²) in [5.74, 6) is -1.51. The first-order chi connectivity index (χ1) is 10.6. The van der Waals surface area contributed by atoms with E-state index in [0.29, 0.717) is 11.4 Å². The van der Waals surface area contributed by atoms with Crippen LogP contribution in [0.15, 0.2) is 60.7 Å². The van der Waals surface area contributed by atoms with Gasteiger partial charge < -0.3 is 15.7 Å². The lowest BCUT2D eigenvalue weighted by molar-refractivity contribution is -0.147. The molecule has 0 radical (unpaired) electrons. The van der Waals surface area contributed by atoms with Crippen LogP contribution in [-0.4, -0.2) is 22.5 Å². The van der Waals surface area contributed by atoms with Gasteiger partial charge in [0.2, 0.25) is 5.60 Å². The number of para-hydroxylation sites is 2. The summed E-state index contributed by atoms with van der Waals surface area (Å²) in [5, 5.41) is 15.6. The van der Waals surface area contributed by atoms with E-state index in [-0.39, 0.29) is 6.42 Å². The van der Waals surface area contributed by atoms with E-state index in [1.54, 1.807) is 55.5 Å². The molecule has 114 valence electrons. The summed E-state index contributed by atoms with van der Waals surface area (Å²) in [4.78, 5) is 24.6. The van der Waals surface area contributed by atoms with Crippen molar-refractivity contribution in [2.75, 3.05) is 10.6 Å². The summed E-state index contributed by atoms with van der Waals surface area (Å²) >= 11 is 0. The van der Waals surface area contributed by atoms with E-state index in [1.165, 1.54) is 0 Å². The molecule has 0 fully saturated rings. The molecule has 0 aliphatic carbocycles. The molecule has 0 aromatic heterocycles. The molecule has 2 amide bonds. The number of rotatable bonds is 5. The zero-order valence-corrected chi connectivity index (χ0v) is 12.2. The van der Waals surface area contributed by atoms with Gasteiger partial charge in [-0.05, 0) is 30.7 Å². The lowest BCUT2D eigenvalue weighted by atomic mass is 9.98. The molecule has 0 spiro atoms. The molecule has 22 heavy (non-hydrogen) atoms. The topological polar surface area (TPSA) is 78.4 Å². The average molecular weight is 298 g/mol. The Morgan fingerprint density at radius 1 is 0.864 bits per heavy atom. The fourth-order valence-corrected chi connectivity index (χ4v) is 1.94.